The molecule has 1 fully saturated rings. The molecule has 0 bridgehead atoms. The van der Waals surface area contributed by atoms with E-state index >= 15 is 0 Å². The van der Waals surface area contributed by atoms with Crippen LogP contribution in [0.2, 0.25) is 0 Å². The molecule has 0 radical (unpaired) electrons. The van der Waals surface area contributed by atoms with Crippen LogP contribution in [0.15, 0.2) is 0 Å². The Bertz CT molecular complexity index is 213. The molecule has 1 aliphatic carbocycles. The van der Waals surface area contributed by atoms with E-state index < -0.39 is 0 Å². The molecule has 94 valence electrons. The first kappa shape index (κ1) is 13.5. The van der Waals surface area contributed by atoms with Crippen LogP contribution in [0.1, 0.15) is 44.9 Å². The van der Waals surface area contributed by atoms with Gasteiger partial charge in [0.15, 0.2) is 0 Å². The van der Waals surface area contributed by atoms with Crippen molar-refractivity contribution in [3.8, 4) is 0 Å². The Morgan fingerprint density at radius 3 is 2.69 bits per heavy atom. The highest BCUT2D eigenvalue weighted by molar-refractivity contribution is 5.75. The first-order chi connectivity index (χ1) is 7.66. The summed E-state index contributed by atoms with van der Waals surface area (Å²) in [5, 5.41) is 2.59. The minimum Gasteiger partial charge on any atom is -0.380 e. The predicted octanol–water partition coefficient (Wildman–Crippen LogP) is 1.19. The van der Waals surface area contributed by atoms with Crippen molar-refractivity contribution in [3.05, 3.63) is 0 Å². The first-order valence-corrected chi connectivity index (χ1v) is 6.23. The minimum atomic E-state index is -0.106. The van der Waals surface area contributed by atoms with Gasteiger partial charge in [0.05, 0.1) is 6.61 Å². The van der Waals surface area contributed by atoms with Gasteiger partial charge in [-0.2, -0.15) is 0 Å². The van der Waals surface area contributed by atoms with Crippen molar-refractivity contribution >= 4 is 5.91 Å². The average molecular weight is 228 g/mol. The Morgan fingerprint density at radius 2 is 2.06 bits per heavy atom. The quantitative estimate of drug-likeness (QED) is 0.671. The van der Waals surface area contributed by atoms with Crippen molar-refractivity contribution in [1.82, 2.24) is 5.32 Å². The molecule has 0 spiro atoms. The summed E-state index contributed by atoms with van der Waals surface area (Å²) in [6.07, 6.45) is 7.19. The predicted molar refractivity (Wildman–Crippen MR) is 64.1 cm³/mol. The van der Waals surface area contributed by atoms with E-state index in [2.05, 4.69) is 5.32 Å². The molecule has 1 rings (SSSR count). The van der Waals surface area contributed by atoms with Crippen LogP contribution in [-0.2, 0) is 9.53 Å². The lowest BCUT2D eigenvalue weighted by Gasteiger charge is -2.33. The summed E-state index contributed by atoms with van der Waals surface area (Å²) in [6, 6.07) is 0. The lowest BCUT2D eigenvalue weighted by atomic mass is 9.83. The van der Waals surface area contributed by atoms with E-state index in [9.17, 15) is 4.79 Å². The third kappa shape index (κ3) is 4.94. The van der Waals surface area contributed by atoms with Gasteiger partial charge in [0.1, 0.15) is 0 Å². The van der Waals surface area contributed by atoms with Crippen LogP contribution in [0.4, 0.5) is 0 Å². The second-order valence-corrected chi connectivity index (χ2v) is 4.75. The number of amides is 1. The Kier molecular flexibility index (Phi) is 5.77. The van der Waals surface area contributed by atoms with E-state index in [0.717, 1.165) is 19.3 Å². The van der Waals surface area contributed by atoms with Crippen LogP contribution in [-0.4, -0.2) is 31.7 Å². The van der Waals surface area contributed by atoms with Crippen molar-refractivity contribution in [3.63, 3.8) is 0 Å². The molecule has 0 aliphatic heterocycles. The molecule has 0 heterocycles. The molecule has 0 aromatic carbocycles. The molecular formula is C12H24N2O2. The molecule has 0 unspecified atom stereocenters. The van der Waals surface area contributed by atoms with Gasteiger partial charge in [-0.05, 0) is 19.3 Å². The Morgan fingerprint density at radius 1 is 1.38 bits per heavy atom. The fourth-order valence-corrected chi connectivity index (χ4v) is 2.14. The van der Waals surface area contributed by atoms with E-state index in [1.54, 1.807) is 7.05 Å². The van der Waals surface area contributed by atoms with E-state index in [-0.39, 0.29) is 11.4 Å². The normalized spacial score (nSPS) is 19.4. The van der Waals surface area contributed by atoms with Gasteiger partial charge in [-0.1, -0.05) is 19.3 Å². The van der Waals surface area contributed by atoms with Gasteiger partial charge in [0.2, 0.25) is 5.91 Å². The maximum Gasteiger partial charge on any atom is 0.219 e. The van der Waals surface area contributed by atoms with E-state index in [1.165, 1.54) is 19.3 Å². The highest BCUT2D eigenvalue weighted by atomic mass is 16.5. The van der Waals surface area contributed by atoms with Crippen LogP contribution in [0.3, 0.4) is 0 Å². The lowest BCUT2D eigenvalue weighted by Crippen LogP contribution is -2.46. The smallest absolute Gasteiger partial charge is 0.219 e. The highest BCUT2D eigenvalue weighted by Gasteiger charge is 2.27. The van der Waals surface area contributed by atoms with E-state index in [1.807, 2.05) is 0 Å². The van der Waals surface area contributed by atoms with Gasteiger partial charge in [0, 0.05) is 25.6 Å². The molecular weight excluding hydrogens is 204 g/mol. The molecule has 0 saturated heterocycles. The van der Waals surface area contributed by atoms with E-state index in [4.69, 9.17) is 10.5 Å². The number of ether oxygens (including phenoxy) is 1. The second-order valence-electron chi connectivity index (χ2n) is 4.75. The summed E-state index contributed by atoms with van der Waals surface area (Å²) >= 11 is 0. The van der Waals surface area contributed by atoms with Gasteiger partial charge in [-0.3, -0.25) is 4.79 Å². The van der Waals surface area contributed by atoms with Crippen molar-refractivity contribution in [2.24, 2.45) is 5.73 Å². The monoisotopic (exact) mass is 228 g/mol. The first-order valence-electron chi connectivity index (χ1n) is 6.23. The maximum absolute atomic E-state index is 10.9. The Balaban J connectivity index is 2.03. The van der Waals surface area contributed by atoms with Gasteiger partial charge in [0.25, 0.3) is 0 Å². The molecule has 4 heteroatoms. The molecule has 4 nitrogen and oxygen atoms in total. The zero-order chi connectivity index (χ0) is 11.9. The summed E-state index contributed by atoms with van der Waals surface area (Å²) in [5.41, 5.74) is 6.12. The zero-order valence-electron chi connectivity index (χ0n) is 10.3. The van der Waals surface area contributed by atoms with Crippen molar-refractivity contribution in [2.45, 2.75) is 50.5 Å². The number of carbonyl (C=O) groups excluding carboxylic acids is 1. The molecule has 1 amide bonds. The number of carbonyl (C=O) groups is 1. The zero-order valence-corrected chi connectivity index (χ0v) is 10.3. The van der Waals surface area contributed by atoms with Crippen LogP contribution in [0, 0.1) is 0 Å². The standard InChI is InChI=1S/C12H24N2O2/c1-14-11(15)6-5-9-16-10-12(13)7-3-2-4-8-12/h2-10,13H2,1H3,(H,14,15). The molecule has 16 heavy (non-hydrogen) atoms. The van der Waals surface area contributed by atoms with Crippen LogP contribution in [0.5, 0.6) is 0 Å². The number of rotatable bonds is 6. The Hall–Kier alpha value is -0.610. The third-order valence-electron chi connectivity index (χ3n) is 3.21. The van der Waals surface area contributed by atoms with Gasteiger partial charge in [-0.25, -0.2) is 0 Å². The number of hydrogen-bond donors (Lipinski definition) is 2. The van der Waals surface area contributed by atoms with Crippen molar-refractivity contribution < 1.29 is 9.53 Å². The maximum atomic E-state index is 10.9. The fraction of sp³-hybridized carbons (Fsp3) is 0.917. The van der Waals surface area contributed by atoms with Gasteiger partial charge >= 0.3 is 0 Å². The van der Waals surface area contributed by atoms with Gasteiger partial charge < -0.3 is 15.8 Å². The van der Waals surface area contributed by atoms with Gasteiger partial charge in [-0.15, -0.1) is 0 Å². The molecule has 1 aliphatic rings. The van der Waals surface area contributed by atoms with Crippen molar-refractivity contribution in [1.29, 1.82) is 0 Å². The number of hydrogen-bond acceptors (Lipinski definition) is 3. The molecule has 1 saturated carbocycles. The number of nitrogens with two attached hydrogens (primary N) is 1. The SMILES string of the molecule is CNC(=O)CCCOCC1(N)CCCCC1. The highest BCUT2D eigenvalue weighted by Crippen LogP contribution is 2.25. The van der Waals surface area contributed by atoms with E-state index in [0.29, 0.717) is 19.6 Å². The summed E-state index contributed by atoms with van der Waals surface area (Å²) in [6.45, 7) is 1.27. The van der Waals surface area contributed by atoms with Crippen LogP contribution in [0.25, 0.3) is 0 Å². The topological polar surface area (TPSA) is 64.3 Å². The van der Waals surface area contributed by atoms with Crippen LogP contribution < -0.4 is 11.1 Å². The average Bonchev–Trinajstić information content (AvgIpc) is 2.29. The summed E-state index contributed by atoms with van der Waals surface area (Å²) in [4.78, 5) is 10.9. The lowest BCUT2D eigenvalue weighted by molar-refractivity contribution is -0.121. The van der Waals surface area contributed by atoms with Crippen LogP contribution >= 0.6 is 0 Å². The summed E-state index contributed by atoms with van der Waals surface area (Å²) in [5.74, 6) is 0.0729. The molecule has 0 aromatic heterocycles. The minimum absolute atomic E-state index is 0.0729. The number of nitrogens with one attached hydrogen (secondary N) is 1. The summed E-state index contributed by atoms with van der Waals surface area (Å²) < 4.78 is 5.57. The third-order valence-corrected chi connectivity index (χ3v) is 3.21. The van der Waals surface area contributed by atoms with Crippen molar-refractivity contribution in [2.75, 3.05) is 20.3 Å². The molecule has 0 atom stereocenters. The molecule has 0 aromatic rings. The fourth-order valence-electron chi connectivity index (χ4n) is 2.14. The second kappa shape index (κ2) is 6.86. The molecule has 3 N–H and O–H groups in total. The Labute approximate surface area is 97.9 Å². The largest absolute Gasteiger partial charge is 0.380 e. The summed E-state index contributed by atoms with van der Waals surface area (Å²) in [7, 11) is 1.65.